The van der Waals surface area contributed by atoms with Gasteiger partial charge in [0.15, 0.2) is 5.96 Å². The van der Waals surface area contributed by atoms with Crippen molar-refractivity contribution in [3.8, 4) is 0 Å². The van der Waals surface area contributed by atoms with E-state index in [1.807, 2.05) is 6.92 Å². The Kier molecular flexibility index (Phi) is 15.0. The van der Waals surface area contributed by atoms with Crippen LogP contribution >= 0.6 is 24.0 Å². The number of hydrogen-bond acceptors (Lipinski definition) is 3. The predicted octanol–water partition coefficient (Wildman–Crippen LogP) is 1.15. The molecule has 0 aliphatic heterocycles. The molecule has 0 fully saturated rings. The Labute approximate surface area is 129 Å². The van der Waals surface area contributed by atoms with Crippen molar-refractivity contribution in [2.24, 2.45) is 4.99 Å². The van der Waals surface area contributed by atoms with Crippen LogP contribution in [0.2, 0.25) is 0 Å². The lowest BCUT2D eigenvalue weighted by molar-refractivity contribution is 0.152. The molecule has 0 radical (unpaired) electrons. The standard InChI is InChI=1S/C12H28N4O.HI/c1-6-17-10-8-15-12(13-4)14-7-9-16(5)11(2)3;/h11H,6-10H2,1-5H3,(H2,13,14,15);1H. The molecule has 0 bridgehead atoms. The summed E-state index contributed by atoms with van der Waals surface area (Å²) in [6, 6.07) is 0.574. The van der Waals surface area contributed by atoms with Crippen LogP contribution in [0.3, 0.4) is 0 Å². The van der Waals surface area contributed by atoms with Gasteiger partial charge in [0.1, 0.15) is 0 Å². The summed E-state index contributed by atoms with van der Waals surface area (Å²) in [5.41, 5.74) is 0. The summed E-state index contributed by atoms with van der Waals surface area (Å²) in [6.07, 6.45) is 0. The second-order valence-electron chi connectivity index (χ2n) is 4.20. The first kappa shape index (κ1) is 20.2. The first-order valence-corrected chi connectivity index (χ1v) is 6.34. The summed E-state index contributed by atoms with van der Waals surface area (Å²) in [6.45, 7) is 10.5. The van der Waals surface area contributed by atoms with Crippen molar-refractivity contribution < 1.29 is 4.74 Å². The van der Waals surface area contributed by atoms with Crippen molar-refractivity contribution in [2.75, 3.05) is 46.9 Å². The van der Waals surface area contributed by atoms with E-state index >= 15 is 0 Å². The Morgan fingerprint density at radius 1 is 1.28 bits per heavy atom. The molecule has 0 saturated carbocycles. The lowest BCUT2D eigenvalue weighted by Crippen LogP contribution is -2.43. The number of ether oxygens (including phenoxy) is 1. The van der Waals surface area contributed by atoms with Gasteiger partial charge in [0, 0.05) is 39.3 Å². The maximum atomic E-state index is 5.25. The third kappa shape index (κ3) is 11.0. The van der Waals surface area contributed by atoms with E-state index in [0.29, 0.717) is 12.6 Å². The number of guanidine groups is 1. The fraction of sp³-hybridized carbons (Fsp3) is 0.917. The van der Waals surface area contributed by atoms with Crippen LogP contribution in [0.5, 0.6) is 0 Å². The second-order valence-corrected chi connectivity index (χ2v) is 4.20. The fourth-order valence-electron chi connectivity index (χ4n) is 1.22. The normalized spacial score (nSPS) is 11.6. The Bertz CT molecular complexity index is 212. The van der Waals surface area contributed by atoms with Crippen molar-refractivity contribution in [3.05, 3.63) is 0 Å². The Hall–Kier alpha value is -0.0800. The SMILES string of the molecule is CCOCCNC(=NC)NCCN(C)C(C)C.I. The van der Waals surface area contributed by atoms with Crippen molar-refractivity contribution in [1.29, 1.82) is 0 Å². The van der Waals surface area contributed by atoms with Crippen LogP contribution in [0.25, 0.3) is 0 Å². The predicted molar refractivity (Wildman–Crippen MR) is 89.0 cm³/mol. The summed E-state index contributed by atoms with van der Waals surface area (Å²) in [7, 11) is 3.90. The Balaban J connectivity index is 0. The van der Waals surface area contributed by atoms with Gasteiger partial charge in [-0.3, -0.25) is 4.99 Å². The fourth-order valence-corrected chi connectivity index (χ4v) is 1.22. The number of nitrogens with one attached hydrogen (secondary N) is 2. The van der Waals surface area contributed by atoms with Crippen LogP contribution in [0.15, 0.2) is 4.99 Å². The first-order chi connectivity index (χ1) is 8.11. The van der Waals surface area contributed by atoms with Gasteiger partial charge in [-0.1, -0.05) is 0 Å². The number of aliphatic imine (C=N–C) groups is 1. The smallest absolute Gasteiger partial charge is 0.191 e. The first-order valence-electron chi connectivity index (χ1n) is 6.34. The molecular weight excluding hydrogens is 343 g/mol. The highest BCUT2D eigenvalue weighted by atomic mass is 127. The molecule has 0 unspecified atom stereocenters. The van der Waals surface area contributed by atoms with Crippen LogP contribution in [0, 0.1) is 0 Å². The second kappa shape index (κ2) is 13.4. The van der Waals surface area contributed by atoms with E-state index in [4.69, 9.17) is 4.74 Å². The monoisotopic (exact) mass is 372 g/mol. The molecule has 0 spiro atoms. The van der Waals surface area contributed by atoms with Crippen molar-refractivity contribution in [3.63, 3.8) is 0 Å². The highest BCUT2D eigenvalue weighted by molar-refractivity contribution is 14.0. The lowest BCUT2D eigenvalue weighted by Gasteiger charge is -2.21. The molecule has 0 aromatic carbocycles. The van der Waals surface area contributed by atoms with Crippen molar-refractivity contribution in [2.45, 2.75) is 26.8 Å². The van der Waals surface area contributed by atoms with E-state index in [-0.39, 0.29) is 24.0 Å². The molecule has 2 N–H and O–H groups in total. The van der Waals surface area contributed by atoms with E-state index in [9.17, 15) is 0 Å². The molecule has 0 amide bonds. The number of likely N-dealkylation sites (N-methyl/N-ethyl adjacent to an activating group) is 1. The van der Waals surface area contributed by atoms with Gasteiger partial charge < -0.3 is 20.3 Å². The van der Waals surface area contributed by atoms with E-state index in [0.717, 1.165) is 32.2 Å². The molecule has 0 aromatic rings. The highest BCUT2D eigenvalue weighted by Gasteiger charge is 2.02. The van der Waals surface area contributed by atoms with Crippen LogP contribution in [-0.4, -0.2) is 63.8 Å². The number of hydrogen-bond donors (Lipinski definition) is 2. The van der Waals surface area contributed by atoms with E-state index in [1.165, 1.54) is 0 Å². The van der Waals surface area contributed by atoms with E-state index < -0.39 is 0 Å². The molecule has 0 aliphatic carbocycles. The minimum Gasteiger partial charge on any atom is -0.380 e. The van der Waals surface area contributed by atoms with Gasteiger partial charge in [-0.15, -0.1) is 24.0 Å². The Morgan fingerprint density at radius 3 is 2.39 bits per heavy atom. The largest absolute Gasteiger partial charge is 0.380 e. The lowest BCUT2D eigenvalue weighted by atomic mass is 10.3. The number of rotatable bonds is 8. The zero-order chi connectivity index (χ0) is 13.1. The quantitative estimate of drug-likeness (QED) is 0.291. The summed E-state index contributed by atoms with van der Waals surface area (Å²) in [5.74, 6) is 0.835. The van der Waals surface area contributed by atoms with E-state index in [1.54, 1.807) is 7.05 Å². The zero-order valence-electron chi connectivity index (χ0n) is 12.3. The molecule has 110 valence electrons. The number of halogens is 1. The summed E-state index contributed by atoms with van der Waals surface area (Å²) < 4.78 is 5.25. The van der Waals surface area contributed by atoms with E-state index in [2.05, 4.69) is 41.4 Å². The Morgan fingerprint density at radius 2 is 1.89 bits per heavy atom. The van der Waals surface area contributed by atoms with Crippen LogP contribution in [0.4, 0.5) is 0 Å². The van der Waals surface area contributed by atoms with Gasteiger partial charge in [-0.25, -0.2) is 0 Å². The summed E-state index contributed by atoms with van der Waals surface area (Å²) >= 11 is 0. The molecule has 0 heterocycles. The molecule has 0 atom stereocenters. The molecule has 0 saturated heterocycles. The number of nitrogens with zero attached hydrogens (tertiary/aromatic N) is 2. The molecule has 0 rings (SSSR count). The topological polar surface area (TPSA) is 48.9 Å². The minimum atomic E-state index is 0. The molecule has 6 heteroatoms. The van der Waals surface area contributed by atoms with Crippen molar-refractivity contribution in [1.82, 2.24) is 15.5 Å². The average molecular weight is 372 g/mol. The molecule has 0 aromatic heterocycles. The molecule has 5 nitrogen and oxygen atoms in total. The summed E-state index contributed by atoms with van der Waals surface area (Å²) in [4.78, 5) is 6.44. The van der Waals surface area contributed by atoms with Gasteiger partial charge in [0.05, 0.1) is 6.61 Å². The third-order valence-corrected chi connectivity index (χ3v) is 2.61. The zero-order valence-corrected chi connectivity index (χ0v) is 14.7. The van der Waals surface area contributed by atoms with Gasteiger partial charge in [-0.2, -0.15) is 0 Å². The third-order valence-electron chi connectivity index (χ3n) is 2.61. The van der Waals surface area contributed by atoms with Crippen LogP contribution in [0.1, 0.15) is 20.8 Å². The van der Waals surface area contributed by atoms with Crippen LogP contribution in [-0.2, 0) is 4.74 Å². The van der Waals surface area contributed by atoms with Crippen LogP contribution < -0.4 is 10.6 Å². The van der Waals surface area contributed by atoms with Gasteiger partial charge in [0.25, 0.3) is 0 Å². The van der Waals surface area contributed by atoms with Gasteiger partial charge in [0.2, 0.25) is 0 Å². The maximum absolute atomic E-state index is 5.25. The molecule has 18 heavy (non-hydrogen) atoms. The van der Waals surface area contributed by atoms with Gasteiger partial charge in [-0.05, 0) is 27.8 Å². The average Bonchev–Trinajstić information content (AvgIpc) is 2.31. The molecular formula is C12H29IN4O. The minimum absolute atomic E-state index is 0. The molecule has 0 aliphatic rings. The summed E-state index contributed by atoms with van der Waals surface area (Å²) in [5, 5.41) is 6.48. The van der Waals surface area contributed by atoms with Gasteiger partial charge >= 0.3 is 0 Å². The van der Waals surface area contributed by atoms with Crippen molar-refractivity contribution >= 4 is 29.9 Å². The maximum Gasteiger partial charge on any atom is 0.191 e. The highest BCUT2D eigenvalue weighted by Crippen LogP contribution is 1.90.